The summed E-state index contributed by atoms with van der Waals surface area (Å²) >= 11 is 0. The highest BCUT2D eigenvalue weighted by Gasteiger charge is 2.30. The van der Waals surface area contributed by atoms with Crippen molar-refractivity contribution in [2.45, 2.75) is 12.7 Å². The Morgan fingerprint density at radius 2 is 2.05 bits per heavy atom. The van der Waals surface area contributed by atoms with Crippen LogP contribution in [-0.2, 0) is 17.5 Å². The summed E-state index contributed by atoms with van der Waals surface area (Å²) < 4.78 is 42.6. The second-order valence-corrected chi connectivity index (χ2v) is 4.25. The topological polar surface area (TPSA) is 42.2 Å². The molecule has 0 spiro atoms. The molecule has 0 fully saturated rings. The Kier molecular flexibility index (Phi) is 4.47. The van der Waals surface area contributed by atoms with Crippen LogP contribution in [0.4, 0.5) is 13.2 Å². The predicted molar refractivity (Wildman–Crippen MR) is 71.0 cm³/mol. The van der Waals surface area contributed by atoms with Crippen LogP contribution in [0.1, 0.15) is 16.9 Å². The minimum Gasteiger partial charge on any atom is -0.467 e. The first-order valence-corrected chi connectivity index (χ1v) is 6.11. The van der Waals surface area contributed by atoms with Gasteiger partial charge in [0.25, 0.3) is 0 Å². The van der Waals surface area contributed by atoms with Crippen LogP contribution in [-0.4, -0.2) is 5.91 Å². The highest BCUT2D eigenvalue weighted by atomic mass is 19.4. The number of alkyl halides is 3. The summed E-state index contributed by atoms with van der Waals surface area (Å²) in [5, 5.41) is 2.56. The minimum atomic E-state index is -4.40. The highest BCUT2D eigenvalue weighted by Crippen LogP contribution is 2.29. The minimum absolute atomic E-state index is 0.221. The molecular weight excluding hydrogens is 283 g/mol. The number of rotatable bonds is 4. The standard InChI is InChI=1S/C15H12F3NO2/c16-15(17,18)12-4-1-3-11(9-12)6-7-14(20)19-10-13-5-2-8-21-13/h1-9H,10H2,(H,19,20). The van der Waals surface area contributed by atoms with Gasteiger partial charge in [0.2, 0.25) is 5.91 Å². The summed E-state index contributed by atoms with van der Waals surface area (Å²) in [7, 11) is 0. The Hall–Kier alpha value is -2.50. The summed E-state index contributed by atoms with van der Waals surface area (Å²) in [6.45, 7) is 0.221. The van der Waals surface area contributed by atoms with Crippen LogP contribution >= 0.6 is 0 Å². The van der Waals surface area contributed by atoms with Gasteiger partial charge in [0.15, 0.2) is 0 Å². The van der Waals surface area contributed by atoms with Gasteiger partial charge in [-0.05, 0) is 35.9 Å². The molecule has 0 radical (unpaired) electrons. The van der Waals surface area contributed by atoms with Crippen molar-refractivity contribution in [3.8, 4) is 0 Å². The summed E-state index contributed by atoms with van der Waals surface area (Å²) in [6, 6.07) is 8.15. The first-order chi connectivity index (χ1) is 9.95. The molecule has 1 aromatic carbocycles. The largest absolute Gasteiger partial charge is 0.467 e. The predicted octanol–water partition coefficient (Wildman–Crippen LogP) is 3.63. The number of amides is 1. The number of furan rings is 1. The van der Waals surface area contributed by atoms with Crippen molar-refractivity contribution in [2.75, 3.05) is 0 Å². The average Bonchev–Trinajstić information content (AvgIpc) is 2.95. The molecule has 1 amide bonds. The molecule has 0 unspecified atom stereocenters. The molecule has 1 heterocycles. The zero-order chi connectivity index (χ0) is 15.3. The maximum absolute atomic E-state index is 12.5. The summed E-state index contributed by atoms with van der Waals surface area (Å²) in [5.74, 6) is 0.180. The van der Waals surface area contributed by atoms with Gasteiger partial charge in [-0.1, -0.05) is 12.1 Å². The molecule has 0 atom stereocenters. The molecular formula is C15H12F3NO2. The van der Waals surface area contributed by atoms with Gasteiger partial charge in [-0.15, -0.1) is 0 Å². The van der Waals surface area contributed by atoms with Gasteiger partial charge in [0.05, 0.1) is 18.4 Å². The number of benzene rings is 1. The highest BCUT2D eigenvalue weighted by molar-refractivity contribution is 5.91. The number of hydrogen-bond acceptors (Lipinski definition) is 2. The lowest BCUT2D eigenvalue weighted by molar-refractivity contribution is -0.137. The molecule has 1 N–H and O–H groups in total. The van der Waals surface area contributed by atoms with Crippen molar-refractivity contribution in [3.05, 3.63) is 65.6 Å². The molecule has 0 aliphatic heterocycles. The molecule has 2 aromatic rings. The molecule has 0 aliphatic rings. The van der Waals surface area contributed by atoms with Gasteiger partial charge in [-0.3, -0.25) is 4.79 Å². The van der Waals surface area contributed by atoms with Crippen LogP contribution in [0.5, 0.6) is 0 Å². The Labute approximate surface area is 119 Å². The summed E-state index contributed by atoms with van der Waals surface area (Å²) in [6.07, 6.45) is -0.406. The van der Waals surface area contributed by atoms with E-state index in [1.165, 1.54) is 30.5 Å². The van der Waals surface area contributed by atoms with E-state index in [9.17, 15) is 18.0 Å². The van der Waals surface area contributed by atoms with Gasteiger partial charge in [0, 0.05) is 6.08 Å². The fraction of sp³-hybridized carbons (Fsp3) is 0.133. The lowest BCUT2D eigenvalue weighted by Gasteiger charge is -2.06. The van der Waals surface area contributed by atoms with Crippen LogP contribution in [0.25, 0.3) is 6.08 Å². The van der Waals surface area contributed by atoms with E-state index in [1.54, 1.807) is 12.1 Å². The summed E-state index contributed by atoms with van der Waals surface area (Å²) in [4.78, 5) is 11.5. The molecule has 2 rings (SSSR count). The molecule has 0 aliphatic carbocycles. The zero-order valence-electron chi connectivity index (χ0n) is 10.9. The van der Waals surface area contributed by atoms with E-state index in [4.69, 9.17) is 4.42 Å². The first-order valence-electron chi connectivity index (χ1n) is 6.11. The van der Waals surface area contributed by atoms with Crippen molar-refractivity contribution in [1.29, 1.82) is 0 Å². The van der Waals surface area contributed by atoms with E-state index in [0.29, 0.717) is 11.3 Å². The van der Waals surface area contributed by atoms with E-state index >= 15 is 0 Å². The molecule has 21 heavy (non-hydrogen) atoms. The third-order valence-electron chi connectivity index (χ3n) is 2.66. The number of hydrogen-bond donors (Lipinski definition) is 1. The van der Waals surface area contributed by atoms with Crippen molar-refractivity contribution in [1.82, 2.24) is 5.32 Å². The second kappa shape index (κ2) is 6.30. The quantitative estimate of drug-likeness (QED) is 0.875. The smallest absolute Gasteiger partial charge is 0.416 e. The van der Waals surface area contributed by atoms with Gasteiger partial charge in [-0.2, -0.15) is 13.2 Å². The normalized spacial score (nSPS) is 11.8. The third kappa shape index (κ3) is 4.52. The third-order valence-corrected chi connectivity index (χ3v) is 2.66. The Bertz CT molecular complexity index is 631. The van der Waals surface area contributed by atoms with Gasteiger partial charge in [0.1, 0.15) is 5.76 Å². The van der Waals surface area contributed by atoms with Crippen LogP contribution in [0.3, 0.4) is 0 Å². The first kappa shape index (κ1) is 14.9. The van der Waals surface area contributed by atoms with E-state index in [-0.39, 0.29) is 6.54 Å². The SMILES string of the molecule is O=C(C=Cc1cccc(C(F)(F)F)c1)NCc1ccco1. The van der Waals surface area contributed by atoms with Crippen LogP contribution < -0.4 is 5.32 Å². The average molecular weight is 295 g/mol. The molecule has 0 saturated carbocycles. The number of halogens is 3. The maximum Gasteiger partial charge on any atom is 0.416 e. The van der Waals surface area contributed by atoms with Gasteiger partial charge in [-0.25, -0.2) is 0 Å². The van der Waals surface area contributed by atoms with Crippen molar-refractivity contribution < 1.29 is 22.4 Å². The molecule has 3 nitrogen and oxygen atoms in total. The Balaban J connectivity index is 1.95. The molecule has 110 valence electrons. The summed E-state index contributed by atoms with van der Waals surface area (Å²) in [5.41, 5.74) is -0.446. The lowest BCUT2D eigenvalue weighted by Crippen LogP contribution is -2.19. The van der Waals surface area contributed by atoms with Crippen molar-refractivity contribution >= 4 is 12.0 Å². The van der Waals surface area contributed by atoms with Crippen LogP contribution in [0, 0.1) is 0 Å². The monoisotopic (exact) mass is 295 g/mol. The van der Waals surface area contributed by atoms with E-state index in [2.05, 4.69) is 5.32 Å². The maximum atomic E-state index is 12.5. The number of nitrogens with one attached hydrogen (secondary N) is 1. The number of carbonyl (C=O) groups is 1. The molecule has 0 saturated heterocycles. The zero-order valence-corrected chi connectivity index (χ0v) is 10.9. The molecule has 0 bridgehead atoms. The van der Waals surface area contributed by atoms with E-state index < -0.39 is 17.6 Å². The second-order valence-electron chi connectivity index (χ2n) is 4.25. The number of carbonyl (C=O) groups excluding carboxylic acids is 1. The Morgan fingerprint density at radius 1 is 1.24 bits per heavy atom. The van der Waals surface area contributed by atoms with E-state index in [1.807, 2.05) is 0 Å². The van der Waals surface area contributed by atoms with Gasteiger partial charge >= 0.3 is 6.18 Å². The van der Waals surface area contributed by atoms with Crippen LogP contribution in [0.15, 0.2) is 53.2 Å². The van der Waals surface area contributed by atoms with E-state index in [0.717, 1.165) is 12.1 Å². The van der Waals surface area contributed by atoms with Crippen molar-refractivity contribution in [2.24, 2.45) is 0 Å². The fourth-order valence-electron chi connectivity index (χ4n) is 1.64. The Morgan fingerprint density at radius 3 is 2.71 bits per heavy atom. The van der Waals surface area contributed by atoms with Gasteiger partial charge < -0.3 is 9.73 Å². The fourth-order valence-corrected chi connectivity index (χ4v) is 1.64. The lowest BCUT2D eigenvalue weighted by atomic mass is 10.1. The van der Waals surface area contributed by atoms with Crippen LogP contribution in [0.2, 0.25) is 0 Å². The molecule has 1 aromatic heterocycles. The molecule has 6 heteroatoms. The van der Waals surface area contributed by atoms with Crippen molar-refractivity contribution in [3.63, 3.8) is 0 Å².